The van der Waals surface area contributed by atoms with E-state index in [4.69, 9.17) is 4.74 Å². The zero-order valence-electron chi connectivity index (χ0n) is 19.2. The van der Waals surface area contributed by atoms with E-state index < -0.39 is 0 Å². The van der Waals surface area contributed by atoms with Crippen molar-refractivity contribution in [1.82, 2.24) is 19.7 Å². The number of aromatic nitrogens is 3. The normalized spacial score (nSPS) is 26.7. The first kappa shape index (κ1) is 22.2. The molecule has 5 rings (SSSR count). The van der Waals surface area contributed by atoms with Crippen LogP contribution in [0.3, 0.4) is 0 Å². The molecule has 0 unspecified atom stereocenters. The predicted molar refractivity (Wildman–Crippen MR) is 126 cm³/mol. The van der Waals surface area contributed by atoms with Crippen LogP contribution in [0, 0.1) is 11.2 Å². The minimum atomic E-state index is -0.163. The van der Waals surface area contributed by atoms with Crippen molar-refractivity contribution in [3.8, 4) is 0 Å². The lowest BCUT2D eigenvalue weighted by Gasteiger charge is -2.29. The first-order chi connectivity index (χ1) is 15.5. The van der Waals surface area contributed by atoms with Gasteiger partial charge in [0.05, 0.1) is 0 Å². The highest BCUT2D eigenvalue weighted by Crippen LogP contribution is 2.44. The Labute approximate surface area is 194 Å². The summed E-state index contributed by atoms with van der Waals surface area (Å²) in [6.07, 6.45) is 4.43. The summed E-state index contributed by atoms with van der Waals surface area (Å²) in [7, 11) is 2.10. The Morgan fingerprint density at radius 3 is 2.75 bits per heavy atom. The van der Waals surface area contributed by atoms with E-state index in [1.807, 2.05) is 23.9 Å². The number of thioether (sulfide) groups is 1. The average molecular weight is 460 g/mol. The molecule has 0 bridgehead atoms. The predicted octanol–water partition coefficient (Wildman–Crippen LogP) is 3.93. The highest BCUT2D eigenvalue weighted by molar-refractivity contribution is 7.99. The highest BCUT2D eigenvalue weighted by Gasteiger charge is 2.49. The molecule has 3 saturated heterocycles. The molecule has 0 saturated carbocycles. The van der Waals surface area contributed by atoms with Crippen molar-refractivity contribution in [2.45, 2.75) is 49.7 Å². The van der Waals surface area contributed by atoms with Crippen molar-refractivity contribution >= 4 is 17.4 Å². The van der Waals surface area contributed by atoms with Crippen molar-refractivity contribution < 1.29 is 9.13 Å². The number of rotatable bonds is 7. The van der Waals surface area contributed by atoms with Gasteiger partial charge in [-0.15, -0.1) is 10.2 Å². The number of benzene rings is 1. The molecule has 3 aliphatic heterocycles. The monoisotopic (exact) mass is 459 g/mol. The Balaban J connectivity index is 1.11. The number of ether oxygens (including phenoxy) is 1. The molecule has 3 fully saturated rings. The summed E-state index contributed by atoms with van der Waals surface area (Å²) in [5, 5.41) is 9.97. The largest absolute Gasteiger partial charge is 0.381 e. The molecular weight excluding hydrogens is 425 g/mol. The van der Waals surface area contributed by atoms with Gasteiger partial charge in [0.2, 0.25) is 0 Å². The van der Waals surface area contributed by atoms with Crippen molar-refractivity contribution in [2.75, 3.05) is 50.0 Å². The quantitative estimate of drug-likeness (QED) is 0.462. The van der Waals surface area contributed by atoms with Crippen molar-refractivity contribution in [1.29, 1.82) is 0 Å². The van der Waals surface area contributed by atoms with Gasteiger partial charge in [-0.2, -0.15) is 0 Å². The van der Waals surface area contributed by atoms with Crippen LogP contribution in [0.25, 0.3) is 0 Å². The molecule has 3 aliphatic rings. The molecule has 6 nitrogen and oxygen atoms in total. The summed E-state index contributed by atoms with van der Waals surface area (Å²) in [6, 6.07) is 7.52. The molecule has 174 valence electrons. The summed E-state index contributed by atoms with van der Waals surface area (Å²) in [4.78, 5) is 5.11. The van der Waals surface area contributed by atoms with Gasteiger partial charge in [0, 0.05) is 68.7 Å². The highest BCUT2D eigenvalue weighted by atomic mass is 32.2. The fourth-order valence-electron chi connectivity index (χ4n) is 5.72. The minimum absolute atomic E-state index is 0.163. The van der Waals surface area contributed by atoms with Crippen LogP contribution in [0.5, 0.6) is 0 Å². The fourth-order valence-corrected chi connectivity index (χ4v) is 6.57. The van der Waals surface area contributed by atoms with Gasteiger partial charge in [0.15, 0.2) is 5.16 Å². The first-order valence-electron chi connectivity index (χ1n) is 11.9. The van der Waals surface area contributed by atoms with Crippen LogP contribution in [0.2, 0.25) is 0 Å². The molecule has 0 spiro atoms. The van der Waals surface area contributed by atoms with Crippen LogP contribution in [-0.2, 0) is 11.8 Å². The number of likely N-dealkylation sites (tertiary alicyclic amines) is 1. The Morgan fingerprint density at radius 1 is 1.19 bits per heavy atom. The standard InChI is InChI=1S/C24H34FN5OS/c1-24-10-12-30(20-6-4-19(25)5-7-20)21(24)16-29(17-24)11-3-15-32-23-27-26-22(28(23)2)18-8-13-31-14-9-18/h4-7,18,21H,3,8-17H2,1-2H3/t21-,24+/m1/s1. The van der Waals surface area contributed by atoms with Gasteiger partial charge in [-0.05, 0) is 56.5 Å². The zero-order chi connectivity index (χ0) is 22.1. The number of nitrogens with zero attached hydrogens (tertiary/aromatic N) is 5. The smallest absolute Gasteiger partial charge is 0.190 e. The number of anilines is 1. The van der Waals surface area contributed by atoms with Gasteiger partial charge in [0.25, 0.3) is 0 Å². The Bertz CT molecular complexity index is 916. The summed E-state index contributed by atoms with van der Waals surface area (Å²) >= 11 is 1.82. The number of hydrogen-bond donors (Lipinski definition) is 0. The molecule has 1 aromatic carbocycles. The summed E-state index contributed by atoms with van der Waals surface area (Å²) in [6.45, 7) is 8.50. The molecule has 0 N–H and O–H groups in total. The van der Waals surface area contributed by atoms with Crippen LogP contribution in [0.15, 0.2) is 29.4 Å². The van der Waals surface area contributed by atoms with Crippen LogP contribution < -0.4 is 4.90 Å². The molecule has 1 aromatic heterocycles. The van der Waals surface area contributed by atoms with Crippen LogP contribution in [0.4, 0.5) is 10.1 Å². The molecule has 8 heteroatoms. The van der Waals surface area contributed by atoms with Gasteiger partial charge in [-0.3, -0.25) is 0 Å². The van der Waals surface area contributed by atoms with Crippen LogP contribution in [-0.4, -0.2) is 70.9 Å². The molecule has 2 aromatic rings. The molecule has 0 amide bonds. The van der Waals surface area contributed by atoms with Crippen molar-refractivity contribution in [3.05, 3.63) is 35.9 Å². The van der Waals surface area contributed by atoms with E-state index in [1.54, 1.807) is 12.1 Å². The number of hydrogen-bond acceptors (Lipinski definition) is 6. The zero-order valence-corrected chi connectivity index (χ0v) is 20.0. The summed E-state index contributed by atoms with van der Waals surface area (Å²) < 4.78 is 21.0. The lowest BCUT2D eigenvalue weighted by Crippen LogP contribution is -2.37. The van der Waals surface area contributed by atoms with Gasteiger partial charge >= 0.3 is 0 Å². The number of fused-ring (bicyclic) bond motifs is 1. The molecule has 32 heavy (non-hydrogen) atoms. The first-order valence-corrected chi connectivity index (χ1v) is 12.9. The fraction of sp³-hybridized carbons (Fsp3) is 0.667. The van der Waals surface area contributed by atoms with E-state index in [0.717, 1.165) is 81.1 Å². The Morgan fingerprint density at radius 2 is 1.97 bits per heavy atom. The van der Waals surface area contributed by atoms with Gasteiger partial charge in [-0.1, -0.05) is 18.7 Å². The topological polar surface area (TPSA) is 46.4 Å². The Hall–Kier alpha value is -1.64. The van der Waals surface area contributed by atoms with E-state index >= 15 is 0 Å². The third kappa shape index (κ3) is 4.41. The maximum absolute atomic E-state index is 13.4. The average Bonchev–Trinajstić information content (AvgIpc) is 3.43. The van der Waals surface area contributed by atoms with Gasteiger partial charge in [-0.25, -0.2) is 4.39 Å². The minimum Gasteiger partial charge on any atom is -0.381 e. The van der Waals surface area contributed by atoms with E-state index in [1.165, 1.54) is 6.42 Å². The van der Waals surface area contributed by atoms with E-state index in [0.29, 0.717) is 17.4 Å². The SMILES string of the molecule is Cn1c(SCCCN2C[C@H]3N(c4ccc(F)cc4)CC[C@@]3(C)C2)nnc1C1CCOCC1. The maximum Gasteiger partial charge on any atom is 0.190 e. The van der Waals surface area contributed by atoms with Crippen molar-refractivity contribution in [2.24, 2.45) is 12.5 Å². The van der Waals surface area contributed by atoms with E-state index in [2.05, 4.69) is 38.5 Å². The van der Waals surface area contributed by atoms with E-state index in [-0.39, 0.29) is 5.82 Å². The lowest BCUT2D eigenvalue weighted by atomic mass is 9.85. The second kappa shape index (κ2) is 9.31. The van der Waals surface area contributed by atoms with E-state index in [9.17, 15) is 4.39 Å². The van der Waals surface area contributed by atoms with Crippen LogP contribution >= 0.6 is 11.8 Å². The third-order valence-electron chi connectivity index (χ3n) is 7.58. The summed E-state index contributed by atoms with van der Waals surface area (Å²) in [5.74, 6) is 2.48. The van der Waals surface area contributed by atoms with Crippen molar-refractivity contribution in [3.63, 3.8) is 0 Å². The second-order valence-corrected chi connectivity index (χ2v) is 10.9. The molecule has 0 aliphatic carbocycles. The molecule has 4 heterocycles. The lowest BCUT2D eigenvalue weighted by molar-refractivity contribution is 0.0828. The molecule has 0 radical (unpaired) electrons. The second-order valence-electron chi connectivity index (χ2n) is 9.81. The third-order valence-corrected chi connectivity index (χ3v) is 8.69. The van der Waals surface area contributed by atoms with Gasteiger partial charge < -0.3 is 19.1 Å². The molecular formula is C24H34FN5OS. The molecule has 2 atom stereocenters. The number of halogens is 1. The van der Waals surface area contributed by atoms with Crippen LogP contribution in [0.1, 0.15) is 44.3 Å². The Kier molecular flexibility index (Phi) is 6.45. The maximum atomic E-state index is 13.4. The summed E-state index contributed by atoms with van der Waals surface area (Å²) in [5.41, 5.74) is 1.48. The van der Waals surface area contributed by atoms with Gasteiger partial charge in [0.1, 0.15) is 11.6 Å².